The maximum atomic E-state index is 5.64. The first-order valence-electron chi connectivity index (χ1n) is 7.24. The molecular formula is C14H30N2O. The standard InChI is InChI=1S/C14H30N2O/c1-5-9-17-10-8-16-11-13(4)15-12-14(16,6-2)7-3/h13,15H,5-12H2,1-4H3. The Labute approximate surface area is 107 Å². The second kappa shape index (κ2) is 7.34. The van der Waals surface area contributed by atoms with Crippen LogP contribution in [0.4, 0.5) is 0 Å². The summed E-state index contributed by atoms with van der Waals surface area (Å²) >= 11 is 0. The van der Waals surface area contributed by atoms with Crippen LogP contribution in [0.25, 0.3) is 0 Å². The van der Waals surface area contributed by atoms with Crippen LogP contribution in [0.3, 0.4) is 0 Å². The van der Waals surface area contributed by atoms with Crippen LogP contribution in [0.5, 0.6) is 0 Å². The van der Waals surface area contributed by atoms with E-state index in [1.54, 1.807) is 0 Å². The predicted octanol–water partition coefficient (Wildman–Crippen LogP) is 2.27. The number of hydrogen-bond acceptors (Lipinski definition) is 3. The van der Waals surface area contributed by atoms with E-state index in [1.165, 1.54) is 12.8 Å². The minimum Gasteiger partial charge on any atom is -0.380 e. The van der Waals surface area contributed by atoms with Crippen molar-refractivity contribution in [3.05, 3.63) is 0 Å². The van der Waals surface area contributed by atoms with Gasteiger partial charge in [0.25, 0.3) is 0 Å². The SMILES string of the molecule is CCCOCCN1CC(C)NCC1(CC)CC. The zero-order chi connectivity index (χ0) is 12.7. The maximum absolute atomic E-state index is 5.64. The summed E-state index contributed by atoms with van der Waals surface area (Å²) in [7, 11) is 0. The molecule has 0 amide bonds. The van der Waals surface area contributed by atoms with Crippen molar-refractivity contribution in [2.24, 2.45) is 0 Å². The molecule has 1 saturated heterocycles. The van der Waals surface area contributed by atoms with E-state index < -0.39 is 0 Å². The monoisotopic (exact) mass is 242 g/mol. The number of rotatable bonds is 7. The maximum Gasteiger partial charge on any atom is 0.0593 e. The van der Waals surface area contributed by atoms with Gasteiger partial charge in [0, 0.05) is 37.8 Å². The highest BCUT2D eigenvalue weighted by Crippen LogP contribution is 2.26. The van der Waals surface area contributed by atoms with Crippen molar-refractivity contribution in [1.82, 2.24) is 10.2 Å². The molecule has 0 aromatic rings. The molecule has 1 N–H and O–H groups in total. The van der Waals surface area contributed by atoms with Crippen molar-refractivity contribution in [2.75, 3.05) is 32.8 Å². The van der Waals surface area contributed by atoms with Crippen LogP contribution < -0.4 is 5.32 Å². The summed E-state index contributed by atoms with van der Waals surface area (Å²) in [6.45, 7) is 14.2. The fourth-order valence-electron chi connectivity index (χ4n) is 2.76. The van der Waals surface area contributed by atoms with Gasteiger partial charge >= 0.3 is 0 Å². The van der Waals surface area contributed by atoms with Crippen LogP contribution in [0, 0.1) is 0 Å². The lowest BCUT2D eigenvalue weighted by atomic mass is 9.87. The molecule has 0 aromatic heterocycles. The van der Waals surface area contributed by atoms with Crippen molar-refractivity contribution in [1.29, 1.82) is 0 Å². The van der Waals surface area contributed by atoms with E-state index in [4.69, 9.17) is 4.74 Å². The molecule has 3 nitrogen and oxygen atoms in total. The Kier molecular flexibility index (Phi) is 6.45. The van der Waals surface area contributed by atoms with Crippen LogP contribution in [0.15, 0.2) is 0 Å². The summed E-state index contributed by atoms with van der Waals surface area (Å²) in [6, 6.07) is 0.604. The van der Waals surface area contributed by atoms with Crippen LogP contribution >= 0.6 is 0 Å². The van der Waals surface area contributed by atoms with Crippen molar-refractivity contribution in [3.63, 3.8) is 0 Å². The quantitative estimate of drug-likeness (QED) is 0.693. The molecule has 1 aliphatic rings. The minimum atomic E-state index is 0.349. The van der Waals surface area contributed by atoms with Crippen LogP contribution in [-0.2, 0) is 4.74 Å². The Morgan fingerprint density at radius 3 is 2.53 bits per heavy atom. The van der Waals surface area contributed by atoms with Gasteiger partial charge in [-0.25, -0.2) is 0 Å². The molecule has 0 aromatic carbocycles. The van der Waals surface area contributed by atoms with Crippen LogP contribution in [-0.4, -0.2) is 49.3 Å². The summed E-state index contributed by atoms with van der Waals surface area (Å²) in [6.07, 6.45) is 3.55. The van der Waals surface area contributed by atoms with Crippen LogP contribution in [0.2, 0.25) is 0 Å². The molecule has 0 spiro atoms. The number of hydrogen-bond donors (Lipinski definition) is 1. The molecule has 0 saturated carbocycles. The minimum absolute atomic E-state index is 0.349. The van der Waals surface area contributed by atoms with Gasteiger partial charge in [-0.05, 0) is 26.2 Å². The highest BCUT2D eigenvalue weighted by atomic mass is 16.5. The Morgan fingerprint density at radius 1 is 1.24 bits per heavy atom. The van der Waals surface area contributed by atoms with E-state index >= 15 is 0 Å². The van der Waals surface area contributed by atoms with Crippen molar-refractivity contribution < 1.29 is 4.74 Å². The normalized spacial score (nSPS) is 25.1. The highest BCUT2D eigenvalue weighted by Gasteiger charge is 2.37. The van der Waals surface area contributed by atoms with Crippen molar-refractivity contribution in [3.8, 4) is 0 Å². The molecule has 102 valence electrons. The zero-order valence-electron chi connectivity index (χ0n) is 12.1. The number of nitrogens with one attached hydrogen (secondary N) is 1. The van der Waals surface area contributed by atoms with E-state index in [0.717, 1.165) is 39.3 Å². The van der Waals surface area contributed by atoms with E-state index in [9.17, 15) is 0 Å². The molecule has 0 radical (unpaired) electrons. The van der Waals surface area contributed by atoms with E-state index in [0.29, 0.717) is 11.6 Å². The zero-order valence-corrected chi connectivity index (χ0v) is 12.1. The van der Waals surface area contributed by atoms with Gasteiger partial charge in [-0.1, -0.05) is 20.8 Å². The van der Waals surface area contributed by atoms with Gasteiger partial charge in [0.15, 0.2) is 0 Å². The highest BCUT2D eigenvalue weighted by molar-refractivity contribution is 4.96. The molecule has 1 rings (SSSR count). The van der Waals surface area contributed by atoms with Gasteiger partial charge in [0.05, 0.1) is 6.61 Å². The fourth-order valence-corrected chi connectivity index (χ4v) is 2.76. The van der Waals surface area contributed by atoms with Gasteiger partial charge in [0.2, 0.25) is 0 Å². The lowest BCUT2D eigenvalue weighted by Gasteiger charge is -2.49. The summed E-state index contributed by atoms with van der Waals surface area (Å²) in [5, 5.41) is 3.62. The second-order valence-electron chi connectivity index (χ2n) is 5.27. The smallest absolute Gasteiger partial charge is 0.0593 e. The first kappa shape index (κ1) is 14.9. The summed E-state index contributed by atoms with van der Waals surface area (Å²) in [4.78, 5) is 2.64. The van der Waals surface area contributed by atoms with E-state index in [2.05, 4.69) is 37.9 Å². The Balaban J connectivity index is 2.49. The molecule has 0 aliphatic carbocycles. The summed E-state index contributed by atoms with van der Waals surface area (Å²) in [5.41, 5.74) is 0.349. The van der Waals surface area contributed by atoms with E-state index in [-0.39, 0.29) is 0 Å². The molecule has 1 aliphatic heterocycles. The molecule has 1 unspecified atom stereocenters. The van der Waals surface area contributed by atoms with Gasteiger partial charge < -0.3 is 10.1 Å². The third-order valence-electron chi connectivity index (χ3n) is 4.11. The van der Waals surface area contributed by atoms with Gasteiger partial charge in [-0.3, -0.25) is 4.90 Å². The molecule has 1 heterocycles. The molecule has 1 fully saturated rings. The van der Waals surface area contributed by atoms with Gasteiger partial charge in [-0.2, -0.15) is 0 Å². The average molecular weight is 242 g/mol. The molecule has 17 heavy (non-hydrogen) atoms. The van der Waals surface area contributed by atoms with Gasteiger partial charge in [0.1, 0.15) is 0 Å². The van der Waals surface area contributed by atoms with Crippen molar-refractivity contribution >= 4 is 0 Å². The van der Waals surface area contributed by atoms with Crippen molar-refractivity contribution in [2.45, 2.75) is 58.5 Å². The third-order valence-corrected chi connectivity index (χ3v) is 4.11. The lowest BCUT2D eigenvalue weighted by molar-refractivity contribution is 0.00714. The lowest BCUT2D eigenvalue weighted by Crippen LogP contribution is -2.64. The summed E-state index contributed by atoms with van der Waals surface area (Å²) in [5.74, 6) is 0. The number of nitrogens with zero attached hydrogens (tertiary/aromatic N) is 1. The Morgan fingerprint density at radius 2 is 1.94 bits per heavy atom. The molecular weight excluding hydrogens is 212 g/mol. The third kappa shape index (κ3) is 3.94. The molecule has 0 bridgehead atoms. The number of piperazine rings is 1. The second-order valence-corrected chi connectivity index (χ2v) is 5.27. The van der Waals surface area contributed by atoms with Crippen LogP contribution in [0.1, 0.15) is 47.0 Å². The molecule has 3 heteroatoms. The Bertz CT molecular complexity index is 204. The first-order valence-corrected chi connectivity index (χ1v) is 7.24. The van der Waals surface area contributed by atoms with Gasteiger partial charge in [-0.15, -0.1) is 0 Å². The number of ether oxygens (including phenoxy) is 1. The topological polar surface area (TPSA) is 24.5 Å². The largest absolute Gasteiger partial charge is 0.380 e. The van der Waals surface area contributed by atoms with E-state index in [1.807, 2.05) is 0 Å². The first-order chi connectivity index (χ1) is 8.18. The summed E-state index contributed by atoms with van der Waals surface area (Å²) < 4.78 is 5.64. The fraction of sp³-hybridized carbons (Fsp3) is 1.00. The molecule has 1 atom stereocenters. The average Bonchev–Trinajstić information content (AvgIpc) is 2.36. The Hall–Kier alpha value is -0.120. The predicted molar refractivity (Wildman–Crippen MR) is 73.5 cm³/mol.